The monoisotopic (exact) mass is 409 g/mol. The topological polar surface area (TPSA) is 101 Å². The molecule has 30 heavy (non-hydrogen) atoms. The smallest absolute Gasteiger partial charge is 0.255 e. The summed E-state index contributed by atoms with van der Waals surface area (Å²) in [5, 5.41) is 0. The highest BCUT2D eigenvalue weighted by Gasteiger charge is 2.64. The van der Waals surface area contributed by atoms with E-state index in [9.17, 15) is 23.6 Å². The molecule has 0 saturated carbocycles. The Hall–Kier alpha value is -3.55. The summed E-state index contributed by atoms with van der Waals surface area (Å²) in [4.78, 5) is 54.3. The summed E-state index contributed by atoms with van der Waals surface area (Å²) in [5.41, 5.74) is 6.40. The predicted molar refractivity (Wildman–Crippen MR) is 104 cm³/mol. The van der Waals surface area contributed by atoms with Gasteiger partial charge < -0.3 is 10.6 Å². The van der Waals surface area contributed by atoms with Crippen LogP contribution >= 0.6 is 0 Å². The van der Waals surface area contributed by atoms with Gasteiger partial charge in [0, 0.05) is 12.1 Å². The lowest BCUT2D eigenvalue weighted by molar-refractivity contribution is -0.142. The molecule has 2 aromatic rings. The first-order chi connectivity index (χ1) is 14.4. The SMILES string of the molecule is CCN1C(=O)C2C(C1=O)C(c1ccccc1)N(C(=O)c1ccc(F)cc1)C2C(N)=O. The number of nitrogens with two attached hydrogens (primary N) is 1. The highest BCUT2D eigenvalue weighted by Crippen LogP contribution is 2.50. The molecule has 2 aromatic carbocycles. The van der Waals surface area contributed by atoms with Crippen molar-refractivity contribution in [2.75, 3.05) is 6.54 Å². The highest BCUT2D eigenvalue weighted by atomic mass is 19.1. The zero-order chi connectivity index (χ0) is 21.6. The van der Waals surface area contributed by atoms with Crippen LogP contribution in [0.5, 0.6) is 0 Å². The number of carbonyl (C=O) groups excluding carboxylic acids is 4. The number of imide groups is 1. The first kappa shape index (κ1) is 19.8. The zero-order valence-corrected chi connectivity index (χ0v) is 16.2. The van der Waals surface area contributed by atoms with Gasteiger partial charge in [0.1, 0.15) is 11.9 Å². The molecular weight excluding hydrogens is 389 g/mol. The van der Waals surface area contributed by atoms with Gasteiger partial charge in [-0.25, -0.2) is 4.39 Å². The molecule has 2 fully saturated rings. The molecule has 0 aromatic heterocycles. The molecule has 2 heterocycles. The third kappa shape index (κ3) is 2.87. The lowest BCUT2D eigenvalue weighted by Gasteiger charge is -2.32. The number of nitrogens with zero attached hydrogens (tertiary/aromatic N) is 2. The predicted octanol–water partition coefficient (Wildman–Crippen LogP) is 1.50. The van der Waals surface area contributed by atoms with E-state index in [0.29, 0.717) is 5.56 Å². The van der Waals surface area contributed by atoms with Crippen LogP contribution in [0.2, 0.25) is 0 Å². The van der Waals surface area contributed by atoms with E-state index in [2.05, 4.69) is 0 Å². The maximum Gasteiger partial charge on any atom is 0.255 e. The molecule has 8 heteroatoms. The van der Waals surface area contributed by atoms with Gasteiger partial charge in [-0.05, 0) is 36.8 Å². The van der Waals surface area contributed by atoms with Crippen molar-refractivity contribution in [1.82, 2.24) is 9.80 Å². The molecule has 4 unspecified atom stereocenters. The van der Waals surface area contributed by atoms with Gasteiger partial charge in [0.05, 0.1) is 17.9 Å². The van der Waals surface area contributed by atoms with E-state index in [1.807, 2.05) is 0 Å². The minimum Gasteiger partial charge on any atom is -0.368 e. The number of hydrogen-bond acceptors (Lipinski definition) is 4. The molecule has 0 aliphatic carbocycles. The zero-order valence-electron chi connectivity index (χ0n) is 16.2. The van der Waals surface area contributed by atoms with Crippen molar-refractivity contribution in [2.45, 2.75) is 19.0 Å². The average molecular weight is 409 g/mol. The molecule has 0 spiro atoms. The number of benzene rings is 2. The molecule has 0 bridgehead atoms. The van der Waals surface area contributed by atoms with Crippen molar-refractivity contribution in [2.24, 2.45) is 17.6 Å². The van der Waals surface area contributed by atoms with Crippen LogP contribution in [0.15, 0.2) is 54.6 Å². The third-order valence-electron chi connectivity index (χ3n) is 5.84. The van der Waals surface area contributed by atoms with E-state index in [4.69, 9.17) is 5.73 Å². The molecule has 154 valence electrons. The highest BCUT2D eigenvalue weighted by molar-refractivity contribution is 6.10. The van der Waals surface area contributed by atoms with Crippen LogP contribution in [0, 0.1) is 17.7 Å². The van der Waals surface area contributed by atoms with Gasteiger partial charge in [-0.15, -0.1) is 0 Å². The Labute approximate surface area is 172 Å². The number of likely N-dealkylation sites (tertiary alicyclic amines) is 2. The fourth-order valence-electron chi connectivity index (χ4n) is 4.60. The van der Waals surface area contributed by atoms with Crippen LogP contribution in [0.3, 0.4) is 0 Å². The van der Waals surface area contributed by atoms with Crippen molar-refractivity contribution in [1.29, 1.82) is 0 Å². The fraction of sp³-hybridized carbons (Fsp3) is 0.273. The van der Waals surface area contributed by atoms with Crippen LogP contribution in [-0.2, 0) is 14.4 Å². The largest absolute Gasteiger partial charge is 0.368 e. The molecule has 4 rings (SSSR count). The number of hydrogen-bond donors (Lipinski definition) is 1. The van der Waals surface area contributed by atoms with Gasteiger partial charge in [0.25, 0.3) is 5.91 Å². The molecule has 2 N–H and O–H groups in total. The van der Waals surface area contributed by atoms with Crippen molar-refractivity contribution in [3.05, 3.63) is 71.5 Å². The van der Waals surface area contributed by atoms with Crippen LogP contribution in [-0.4, -0.2) is 46.0 Å². The quantitative estimate of drug-likeness (QED) is 0.774. The van der Waals surface area contributed by atoms with Gasteiger partial charge >= 0.3 is 0 Å². The second-order valence-electron chi connectivity index (χ2n) is 7.39. The number of halogens is 1. The lowest BCUT2D eigenvalue weighted by Crippen LogP contribution is -2.50. The Kier molecular flexibility index (Phi) is 4.85. The van der Waals surface area contributed by atoms with Crippen LogP contribution in [0.4, 0.5) is 4.39 Å². The van der Waals surface area contributed by atoms with Crippen molar-refractivity contribution >= 4 is 23.6 Å². The van der Waals surface area contributed by atoms with E-state index >= 15 is 0 Å². The third-order valence-corrected chi connectivity index (χ3v) is 5.84. The fourth-order valence-corrected chi connectivity index (χ4v) is 4.60. The molecule has 2 aliphatic heterocycles. The number of primary amides is 1. The Morgan fingerprint density at radius 1 is 0.967 bits per heavy atom. The standard InChI is InChI=1S/C22H20FN3O4/c1-2-25-21(29)15-16(22(25)30)18(19(24)27)26(17(15)12-6-4-3-5-7-12)20(28)13-8-10-14(23)11-9-13/h3-11,15-18H,2H2,1H3,(H2,24,27). The summed E-state index contributed by atoms with van der Waals surface area (Å²) in [7, 11) is 0. The van der Waals surface area contributed by atoms with E-state index < -0.39 is 53.4 Å². The minimum absolute atomic E-state index is 0.135. The summed E-state index contributed by atoms with van der Waals surface area (Å²) in [5.74, 6) is -4.87. The van der Waals surface area contributed by atoms with Gasteiger partial charge in [-0.3, -0.25) is 24.1 Å². The molecule has 7 nitrogen and oxygen atoms in total. The molecule has 4 atom stereocenters. The van der Waals surface area contributed by atoms with E-state index in [1.54, 1.807) is 37.3 Å². The Morgan fingerprint density at radius 2 is 1.57 bits per heavy atom. The maximum atomic E-state index is 13.4. The summed E-state index contributed by atoms with van der Waals surface area (Å²) in [6, 6.07) is 11.5. The summed E-state index contributed by atoms with van der Waals surface area (Å²) in [6.07, 6.45) is 0. The van der Waals surface area contributed by atoms with Crippen molar-refractivity contribution < 1.29 is 23.6 Å². The van der Waals surface area contributed by atoms with Gasteiger partial charge in [-0.2, -0.15) is 0 Å². The van der Waals surface area contributed by atoms with Gasteiger partial charge in [-0.1, -0.05) is 30.3 Å². The second-order valence-corrected chi connectivity index (χ2v) is 7.39. The van der Waals surface area contributed by atoms with Crippen LogP contribution in [0.1, 0.15) is 28.9 Å². The van der Waals surface area contributed by atoms with E-state index in [1.165, 1.54) is 17.0 Å². The summed E-state index contributed by atoms with van der Waals surface area (Å²) >= 11 is 0. The van der Waals surface area contributed by atoms with Gasteiger partial charge in [0.15, 0.2) is 0 Å². The lowest BCUT2D eigenvalue weighted by atomic mass is 9.86. The van der Waals surface area contributed by atoms with E-state index in [0.717, 1.165) is 17.0 Å². The number of rotatable bonds is 4. The number of amides is 4. The molecule has 0 radical (unpaired) electrons. The van der Waals surface area contributed by atoms with E-state index in [-0.39, 0.29) is 12.1 Å². The first-order valence-electron chi connectivity index (χ1n) is 9.64. The second kappa shape index (κ2) is 7.37. The number of fused-ring (bicyclic) bond motifs is 1. The molecule has 2 saturated heterocycles. The first-order valence-corrected chi connectivity index (χ1v) is 9.64. The van der Waals surface area contributed by atoms with Crippen molar-refractivity contribution in [3.63, 3.8) is 0 Å². The molecular formula is C22H20FN3O4. The van der Waals surface area contributed by atoms with Gasteiger partial charge in [0.2, 0.25) is 17.7 Å². The van der Waals surface area contributed by atoms with Crippen LogP contribution in [0.25, 0.3) is 0 Å². The van der Waals surface area contributed by atoms with Crippen molar-refractivity contribution in [3.8, 4) is 0 Å². The Morgan fingerprint density at radius 3 is 2.13 bits per heavy atom. The minimum atomic E-state index is -1.29. The Balaban J connectivity index is 1.88. The van der Waals surface area contributed by atoms with Crippen LogP contribution < -0.4 is 5.73 Å². The molecule has 4 amide bonds. The normalized spacial score (nSPS) is 25.5. The summed E-state index contributed by atoms with van der Waals surface area (Å²) in [6.45, 7) is 1.85. The Bertz CT molecular complexity index is 1020. The average Bonchev–Trinajstić information content (AvgIpc) is 3.22. The summed E-state index contributed by atoms with van der Waals surface area (Å²) < 4.78 is 13.4. The number of carbonyl (C=O) groups is 4. The maximum absolute atomic E-state index is 13.4. The molecule has 2 aliphatic rings.